The second-order valence-electron chi connectivity index (χ2n) is 8.44. The lowest BCUT2D eigenvalue weighted by Gasteiger charge is -2.34. The summed E-state index contributed by atoms with van der Waals surface area (Å²) in [5.41, 5.74) is 3.61. The molecular weight excluding hydrogens is 376 g/mol. The Morgan fingerprint density at radius 3 is 2.60 bits per heavy atom. The highest BCUT2D eigenvalue weighted by Gasteiger charge is 2.21. The predicted octanol–water partition coefficient (Wildman–Crippen LogP) is 3.74. The molecule has 0 spiro atoms. The van der Waals surface area contributed by atoms with Crippen LogP contribution in [0.1, 0.15) is 42.4 Å². The van der Waals surface area contributed by atoms with E-state index in [0.29, 0.717) is 18.5 Å². The molecule has 0 unspecified atom stereocenters. The van der Waals surface area contributed by atoms with E-state index in [2.05, 4.69) is 46.4 Å². The predicted molar refractivity (Wildman–Crippen MR) is 117 cm³/mol. The topological polar surface area (TPSA) is 57.7 Å². The molecule has 1 aliphatic carbocycles. The number of hydrogen-bond acceptors (Lipinski definition) is 4. The normalized spacial score (nSPS) is 17.8. The van der Waals surface area contributed by atoms with Gasteiger partial charge < -0.3 is 15.0 Å². The average Bonchev–Trinajstić information content (AvgIpc) is 3.27. The highest BCUT2D eigenvalue weighted by Crippen LogP contribution is 2.22. The maximum absolute atomic E-state index is 12.5. The fourth-order valence-electron chi connectivity index (χ4n) is 4.23. The first-order chi connectivity index (χ1) is 14.7. The number of nitrogens with one attached hydrogen (secondary N) is 1. The lowest BCUT2D eigenvalue weighted by atomic mass is 10.1. The van der Waals surface area contributed by atoms with Crippen molar-refractivity contribution >= 4 is 6.03 Å². The number of aromatic nitrogens is 1. The molecule has 1 N–H and O–H groups in total. The van der Waals surface area contributed by atoms with Gasteiger partial charge in [0.2, 0.25) is 5.88 Å². The first-order valence-corrected chi connectivity index (χ1v) is 11.1. The number of pyridine rings is 1. The summed E-state index contributed by atoms with van der Waals surface area (Å²) in [6, 6.07) is 12.5. The number of piperazine rings is 1. The van der Waals surface area contributed by atoms with Gasteiger partial charge >= 0.3 is 6.03 Å². The van der Waals surface area contributed by atoms with Crippen LogP contribution in [-0.4, -0.2) is 53.1 Å². The second kappa shape index (κ2) is 9.94. The van der Waals surface area contributed by atoms with Crippen LogP contribution in [0, 0.1) is 6.92 Å². The average molecular weight is 409 g/mol. The molecule has 6 heteroatoms. The number of aryl methyl sites for hydroxylation is 1. The molecule has 2 heterocycles. The number of nitrogens with zero attached hydrogens (tertiary/aromatic N) is 3. The zero-order chi connectivity index (χ0) is 20.8. The maximum Gasteiger partial charge on any atom is 0.317 e. The minimum atomic E-state index is -0.00325. The zero-order valence-corrected chi connectivity index (χ0v) is 17.8. The third-order valence-corrected chi connectivity index (χ3v) is 5.98. The summed E-state index contributed by atoms with van der Waals surface area (Å²) >= 11 is 0. The molecule has 2 fully saturated rings. The zero-order valence-electron chi connectivity index (χ0n) is 17.8. The Labute approximate surface area is 179 Å². The van der Waals surface area contributed by atoms with Crippen LogP contribution in [0.4, 0.5) is 4.79 Å². The Balaban J connectivity index is 1.18. The number of hydrogen-bond donors (Lipinski definition) is 1. The van der Waals surface area contributed by atoms with Gasteiger partial charge in [-0.3, -0.25) is 4.90 Å². The van der Waals surface area contributed by atoms with Crippen molar-refractivity contribution in [3.8, 4) is 5.88 Å². The van der Waals surface area contributed by atoms with Crippen LogP contribution in [0.25, 0.3) is 0 Å². The minimum absolute atomic E-state index is 0.00325. The van der Waals surface area contributed by atoms with Gasteiger partial charge in [-0.2, -0.15) is 0 Å². The van der Waals surface area contributed by atoms with Crippen LogP contribution in [-0.2, 0) is 13.1 Å². The molecule has 1 aromatic carbocycles. The SMILES string of the molecule is Cc1cccc(CN2CCN(C(=O)NCc3ccc(OC4CCCC4)nc3)CC2)c1. The van der Waals surface area contributed by atoms with Crippen molar-refractivity contribution < 1.29 is 9.53 Å². The van der Waals surface area contributed by atoms with E-state index >= 15 is 0 Å². The number of carbonyl (C=O) groups is 1. The standard InChI is InChI=1S/C24H32N4O2/c1-19-5-4-6-20(15-19)18-27-11-13-28(14-12-27)24(29)26-17-21-9-10-23(25-16-21)30-22-7-2-3-8-22/h4-6,9-10,15-16,22H,2-3,7-8,11-14,17-18H2,1H3,(H,26,29). The molecule has 4 rings (SSSR count). The van der Waals surface area contributed by atoms with E-state index in [-0.39, 0.29) is 6.03 Å². The summed E-state index contributed by atoms with van der Waals surface area (Å²) in [4.78, 5) is 21.2. The number of ether oxygens (including phenoxy) is 1. The van der Waals surface area contributed by atoms with Crippen molar-refractivity contribution in [2.75, 3.05) is 26.2 Å². The van der Waals surface area contributed by atoms with Crippen LogP contribution in [0.5, 0.6) is 5.88 Å². The largest absolute Gasteiger partial charge is 0.474 e. The summed E-state index contributed by atoms with van der Waals surface area (Å²) < 4.78 is 5.90. The number of carbonyl (C=O) groups excluding carboxylic acids is 1. The molecule has 2 amide bonds. The fraction of sp³-hybridized carbons (Fsp3) is 0.500. The van der Waals surface area contributed by atoms with Crippen LogP contribution < -0.4 is 10.1 Å². The van der Waals surface area contributed by atoms with Gasteiger partial charge in [-0.05, 0) is 43.7 Å². The van der Waals surface area contributed by atoms with Gasteiger partial charge in [0.15, 0.2) is 0 Å². The number of rotatable bonds is 6. The van der Waals surface area contributed by atoms with Gasteiger partial charge in [-0.15, -0.1) is 0 Å². The fourth-order valence-corrected chi connectivity index (χ4v) is 4.23. The Morgan fingerprint density at radius 1 is 1.10 bits per heavy atom. The summed E-state index contributed by atoms with van der Waals surface area (Å²) in [6.07, 6.45) is 6.84. The van der Waals surface area contributed by atoms with E-state index in [1.54, 1.807) is 6.20 Å². The molecule has 160 valence electrons. The molecule has 30 heavy (non-hydrogen) atoms. The Hall–Kier alpha value is -2.60. The van der Waals surface area contributed by atoms with Crippen molar-refractivity contribution in [3.63, 3.8) is 0 Å². The summed E-state index contributed by atoms with van der Waals surface area (Å²) in [7, 11) is 0. The molecule has 1 saturated heterocycles. The van der Waals surface area contributed by atoms with E-state index in [9.17, 15) is 4.79 Å². The van der Waals surface area contributed by atoms with Gasteiger partial charge in [0.25, 0.3) is 0 Å². The molecular formula is C24H32N4O2. The number of benzene rings is 1. The summed E-state index contributed by atoms with van der Waals surface area (Å²) in [5.74, 6) is 0.682. The second-order valence-corrected chi connectivity index (χ2v) is 8.44. The van der Waals surface area contributed by atoms with Crippen LogP contribution in [0.2, 0.25) is 0 Å². The van der Waals surface area contributed by atoms with Crippen LogP contribution in [0.3, 0.4) is 0 Å². The lowest BCUT2D eigenvalue weighted by Crippen LogP contribution is -2.51. The van der Waals surface area contributed by atoms with E-state index in [4.69, 9.17) is 4.74 Å². The number of amides is 2. The molecule has 0 bridgehead atoms. The highest BCUT2D eigenvalue weighted by molar-refractivity contribution is 5.74. The molecule has 0 atom stereocenters. The van der Waals surface area contributed by atoms with E-state index in [1.165, 1.54) is 24.0 Å². The maximum atomic E-state index is 12.5. The third-order valence-electron chi connectivity index (χ3n) is 5.98. The summed E-state index contributed by atoms with van der Waals surface area (Å²) in [5, 5.41) is 3.02. The van der Waals surface area contributed by atoms with Crippen molar-refractivity contribution in [1.82, 2.24) is 20.1 Å². The van der Waals surface area contributed by atoms with Crippen LogP contribution >= 0.6 is 0 Å². The lowest BCUT2D eigenvalue weighted by molar-refractivity contribution is 0.135. The van der Waals surface area contributed by atoms with Crippen molar-refractivity contribution in [1.29, 1.82) is 0 Å². The first-order valence-electron chi connectivity index (χ1n) is 11.1. The molecule has 0 radical (unpaired) electrons. The smallest absolute Gasteiger partial charge is 0.317 e. The van der Waals surface area contributed by atoms with Crippen molar-refractivity contribution in [2.45, 2.75) is 51.8 Å². The Kier molecular flexibility index (Phi) is 6.84. The molecule has 1 aromatic heterocycles. The Morgan fingerprint density at radius 2 is 1.90 bits per heavy atom. The van der Waals surface area contributed by atoms with Gasteiger partial charge in [-0.1, -0.05) is 35.9 Å². The molecule has 2 aromatic rings. The van der Waals surface area contributed by atoms with Crippen molar-refractivity contribution in [2.24, 2.45) is 0 Å². The molecule has 6 nitrogen and oxygen atoms in total. The van der Waals surface area contributed by atoms with Gasteiger partial charge in [0.1, 0.15) is 6.10 Å². The van der Waals surface area contributed by atoms with Gasteiger partial charge in [0.05, 0.1) is 0 Å². The highest BCUT2D eigenvalue weighted by atomic mass is 16.5. The van der Waals surface area contributed by atoms with Gasteiger partial charge in [-0.25, -0.2) is 9.78 Å². The minimum Gasteiger partial charge on any atom is -0.474 e. The van der Waals surface area contributed by atoms with Crippen LogP contribution in [0.15, 0.2) is 42.6 Å². The monoisotopic (exact) mass is 408 g/mol. The van der Waals surface area contributed by atoms with E-state index < -0.39 is 0 Å². The quantitative estimate of drug-likeness (QED) is 0.791. The molecule has 1 aliphatic heterocycles. The number of urea groups is 1. The molecule has 1 saturated carbocycles. The Bertz CT molecular complexity index is 825. The summed E-state index contributed by atoms with van der Waals surface area (Å²) in [6.45, 7) is 6.86. The third kappa shape index (κ3) is 5.72. The molecule has 2 aliphatic rings. The van der Waals surface area contributed by atoms with E-state index in [1.807, 2.05) is 17.0 Å². The van der Waals surface area contributed by atoms with E-state index in [0.717, 1.165) is 51.1 Å². The van der Waals surface area contributed by atoms with Gasteiger partial charge in [0, 0.05) is 51.5 Å². The van der Waals surface area contributed by atoms with Crippen molar-refractivity contribution in [3.05, 3.63) is 59.3 Å². The first kappa shape index (κ1) is 20.7.